The normalized spacial score (nSPS) is 10.5. The number of thiol groups is 1. The summed E-state index contributed by atoms with van der Waals surface area (Å²) >= 11 is 5.49. The first-order valence-electron chi connectivity index (χ1n) is 4.67. The van der Waals surface area contributed by atoms with E-state index in [4.69, 9.17) is 5.73 Å². The van der Waals surface area contributed by atoms with E-state index in [1.807, 2.05) is 0 Å². The zero-order valence-corrected chi connectivity index (χ0v) is 10.6. The molecule has 2 rings (SSSR count). The number of aryl methyl sites for hydroxylation is 1. The molecular formula is C10H9N3O2S2. The number of hydrogen-bond donors (Lipinski definition) is 3. The Morgan fingerprint density at radius 1 is 1.59 bits per heavy atom. The minimum absolute atomic E-state index is 0.0701. The lowest BCUT2D eigenvalue weighted by atomic mass is 10.1. The molecule has 3 N–H and O–H groups in total. The number of nitrogens with one attached hydrogen (secondary N) is 1. The van der Waals surface area contributed by atoms with Crippen LogP contribution in [-0.4, -0.2) is 15.9 Å². The SMILES string of the molecule is Cc1[nH]c(=O)c(C(N)=O)cc1-c1csc(S)n1. The summed E-state index contributed by atoms with van der Waals surface area (Å²) in [6.45, 7) is 1.74. The number of nitrogens with two attached hydrogens (primary N) is 1. The van der Waals surface area contributed by atoms with Crippen molar-refractivity contribution in [2.45, 2.75) is 11.3 Å². The van der Waals surface area contributed by atoms with Crippen LogP contribution in [0.15, 0.2) is 20.6 Å². The van der Waals surface area contributed by atoms with Crippen molar-refractivity contribution in [3.8, 4) is 11.3 Å². The number of aromatic amines is 1. The van der Waals surface area contributed by atoms with Gasteiger partial charge in [-0.15, -0.1) is 24.0 Å². The number of primary amides is 1. The zero-order chi connectivity index (χ0) is 12.6. The van der Waals surface area contributed by atoms with Gasteiger partial charge in [-0.1, -0.05) is 0 Å². The molecule has 0 radical (unpaired) electrons. The van der Waals surface area contributed by atoms with Crippen LogP contribution in [0.5, 0.6) is 0 Å². The Labute approximate surface area is 106 Å². The fourth-order valence-corrected chi connectivity index (χ4v) is 2.27. The molecule has 0 fully saturated rings. The topological polar surface area (TPSA) is 88.8 Å². The quantitative estimate of drug-likeness (QED) is 0.714. The van der Waals surface area contributed by atoms with Gasteiger partial charge in [0.05, 0.1) is 5.69 Å². The summed E-state index contributed by atoms with van der Waals surface area (Å²) in [6, 6.07) is 1.46. The Bertz CT molecular complexity index is 645. The smallest absolute Gasteiger partial charge is 0.261 e. The molecule has 0 saturated carbocycles. The zero-order valence-electron chi connectivity index (χ0n) is 8.85. The number of rotatable bonds is 2. The molecule has 0 bridgehead atoms. The minimum Gasteiger partial charge on any atom is -0.365 e. The van der Waals surface area contributed by atoms with Gasteiger partial charge in [-0.2, -0.15) is 0 Å². The summed E-state index contributed by atoms with van der Waals surface area (Å²) in [5.74, 6) is -0.756. The molecule has 0 aliphatic heterocycles. The van der Waals surface area contributed by atoms with E-state index in [-0.39, 0.29) is 5.56 Å². The van der Waals surface area contributed by atoms with Crippen molar-refractivity contribution in [1.82, 2.24) is 9.97 Å². The van der Waals surface area contributed by atoms with Crippen molar-refractivity contribution in [2.24, 2.45) is 5.73 Å². The van der Waals surface area contributed by atoms with E-state index in [1.54, 1.807) is 12.3 Å². The van der Waals surface area contributed by atoms with Gasteiger partial charge in [-0.3, -0.25) is 9.59 Å². The van der Waals surface area contributed by atoms with Gasteiger partial charge >= 0.3 is 0 Å². The van der Waals surface area contributed by atoms with Gasteiger partial charge < -0.3 is 10.7 Å². The van der Waals surface area contributed by atoms with Crippen molar-refractivity contribution in [1.29, 1.82) is 0 Å². The first kappa shape index (κ1) is 11.9. The highest BCUT2D eigenvalue weighted by molar-refractivity contribution is 7.82. The molecule has 7 heteroatoms. The van der Waals surface area contributed by atoms with Crippen molar-refractivity contribution in [3.63, 3.8) is 0 Å². The summed E-state index contributed by atoms with van der Waals surface area (Å²) in [5.41, 5.74) is 6.55. The summed E-state index contributed by atoms with van der Waals surface area (Å²) in [4.78, 5) is 29.3. The molecule has 0 spiro atoms. The Morgan fingerprint density at radius 2 is 2.29 bits per heavy atom. The van der Waals surface area contributed by atoms with Gasteiger partial charge in [0.15, 0.2) is 0 Å². The Hall–Kier alpha value is -1.60. The monoisotopic (exact) mass is 267 g/mol. The lowest BCUT2D eigenvalue weighted by Crippen LogP contribution is -2.24. The Kier molecular flexibility index (Phi) is 3.03. The van der Waals surface area contributed by atoms with E-state index in [0.717, 1.165) is 0 Å². The van der Waals surface area contributed by atoms with Crippen LogP contribution >= 0.6 is 24.0 Å². The third-order valence-electron chi connectivity index (χ3n) is 2.27. The van der Waals surface area contributed by atoms with Crippen LogP contribution in [0, 0.1) is 6.92 Å². The van der Waals surface area contributed by atoms with E-state index >= 15 is 0 Å². The Balaban J connectivity index is 2.66. The lowest BCUT2D eigenvalue weighted by molar-refractivity contribution is 0.0999. The molecule has 17 heavy (non-hydrogen) atoms. The standard InChI is InChI=1S/C10H9N3O2S2/c1-4-5(7-3-17-10(16)13-7)2-6(8(11)14)9(15)12-4/h2-3H,1H3,(H2,11,14)(H,12,15)(H,13,16). The van der Waals surface area contributed by atoms with E-state index in [0.29, 0.717) is 21.3 Å². The molecule has 1 amide bonds. The molecule has 0 unspecified atom stereocenters. The molecule has 2 heterocycles. The first-order chi connectivity index (χ1) is 7.99. The van der Waals surface area contributed by atoms with Crippen LogP contribution in [-0.2, 0) is 0 Å². The van der Waals surface area contributed by atoms with Crippen LogP contribution in [0.3, 0.4) is 0 Å². The third-order valence-corrected chi connectivity index (χ3v) is 3.33. The van der Waals surface area contributed by atoms with Gasteiger partial charge in [0, 0.05) is 16.6 Å². The van der Waals surface area contributed by atoms with Gasteiger partial charge in [-0.25, -0.2) is 4.98 Å². The molecule has 0 aromatic carbocycles. The molecule has 0 aliphatic rings. The van der Waals surface area contributed by atoms with Crippen LogP contribution in [0.4, 0.5) is 0 Å². The van der Waals surface area contributed by atoms with Crippen molar-refractivity contribution in [3.05, 3.63) is 33.1 Å². The highest BCUT2D eigenvalue weighted by atomic mass is 32.2. The number of aromatic nitrogens is 2. The highest BCUT2D eigenvalue weighted by Gasteiger charge is 2.13. The van der Waals surface area contributed by atoms with Crippen molar-refractivity contribution < 1.29 is 4.79 Å². The van der Waals surface area contributed by atoms with E-state index in [9.17, 15) is 9.59 Å². The number of nitrogens with zero attached hydrogens (tertiary/aromatic N) is 1. The molecule has 2 aromatic rings. The molecule has 0 saturated heterocycles. The van der Waals surface area contributed by atoms with Gasteiger partial charge in [0.25, 0.3) is 11.5 Å². The van der Waals surface area contributed by atoms with Crippen LogP contribution in [0.2, 0.25) is 0 Å². The summed E-state index contributed by atoms with van der Waals surface area (Å²) in [7, 11) is 0. The summed E-state index contributed by atoms with van der Waals surface area (Å²) in [6.07, 6.45) is 0. The second-order valence-corrected chi connectivity index (χ2v) is 5.01. The number of amides is 1. The average Bonchev–Trinajstić information content (AvgIpc) is 2.64. The molecule has 88 valence electrons. The number of pyridine rings is 1. The maximum Gasteiger partial charge on any atom is 0.261 e. The molecular weight excluding hydrogens is 258 g/mol. The number of H-pyrrole nitrogens is 1. The predicted molar refractivity (Wildman–Crippen MR) is 68.7 cm³/mol. The van der Waals surface area contributed by atoms with Gasteiger partial charge in [0.1, 0.15) is 9.90 Å². The van der Waals surface area contributed by atoms with E-state index in [2.05, 4.69) is 22.6 Å². The number of carbonyl (C=O) groups excluding carboxylic acids is 1. The highest BCUT2D eigenvalue weighted by Crippen LogP contribution is 2.25. The largest absolute Gasteiger partial charge is 0.365 e. The van der Waals surface area contributed by atoms with E-state index in [1.165, 1.54) is 17.4 Å². The number of thiazole rings is 1. The maximum atomic E-state index is 11.5. The number of carbonyl (C=O) groups is 1. The van der Waals surface area contributed by atoms with Crippen LogP contribution in [0.25, 0.3) is 11.3 Å². The van der Waals surface area contributed by atoms with Gasteiger partial charge in [-0.05, 0) is 13.0 Å². The second-order valence-electron chi connectivity index (χ2n) is 3.43. The first-order valence-corrected chi connectivity index (χ1v) is 6.00. The average molecular weight is 267 g/mol. The lowest BCUT2D eigenvalue weighted by Gasteiger charge is -2.04. The molecule has 0 atom stereocenters. The van der Waals surface area contributed by atoms with E-state index < -0.39 is 11.5 Å². The van der Waals surface area contributed by atoms with Crippen LogP contribution < -0.4 is 11.3 Å². The second kappa shape index (κ2) is 4.34. The van der Waals surface area contributed by atoms with Gasteiger partial charge in [0.2, 0.25) is 0 Å². The fraction of sp³-hybridized carbons (Fsp3) is 0.100. The summed E-state index contributed by atoms with van der Waals surface area (Å²) in [5, 5.41) is 1.80. The third kappa shape index (κ3) is 2.25. The predicted octanol–water partition coefficient (Wildman–Crippen LogP) is 1.19. The fourth-order valence-electron chi connectivity index (χ4n) is 1.46. The molecule has 5 nitrogen and oxygen atoms in total. The van der Waals surface area contributed by atoms with Crippen LogP contribution in [0.1, 0.15) is 16.1 Å². The maximum absolute atomic E-state index is 11.5. The molecule has 0 aliphatic carbocycles. The number of hydrogen-bond acceptors (Lipinski definition) is 5. The molecule has 2 aromatic heterocycles. The van der Waals surface area contributed by atoms with Crippen molar-refractivity contribution >= 4 is 29.9 Å². The van der Waals surface area contributed by atoms with Crippen molar-refractivity contribution in [2.75, 3.05) is 0 Å². The Morgan fingerprint density at radius 3 is 2.82 bits per heavy atom. The minimum atomic E-state index is -0.756. The summed E-state index contributed by atoms with van der Waals surface area (Å²) < 4.78 is 0.617.